The predicted octanol–water partition coefficient (Wildman–Crippen LogP) is 0.170. The molecule has 0 aromatic carbocycles. The van der Waals surface area contributed by atoms with Crippen LogP contribution in [0.3, 0.4) is 0 Å². The molecule has 7 heteroatoms. The maximum Gasteiger partial charge on any atom is 0.243 e. The van der Waals surface area contributed by atoms with Crippen LogP contribution in [0.4, 0.5) is 5.95 Å². The quantitative estimate of drug-likeness (QED) is 0.761. The molecule has 3 N–H and O–H groups in total. The molecule has 7 nitrogen and oxygen atoms in total. The molecule has 1 heterocycles. The van der Waals surface area contributed by atoms with Gasteiger partial charge in [-0.1, -0.05) is 6.92 Å². The Morgan fingerprint density at radius 2 is 1.94 bits per heavy atom. The Morgan fingerprint density at radius 1 is 1.41 bits per heavy atom. The standard InChI is InChI=1S/C10H16N4O3/c1-4-6(11)9(15)14-10-12-7(16-2)5-8(13-10)17-3/h5-6H,4,11H2,1-3H3,(H,12,13,14,15)/t6-/m1/s1. The minimum Gasteiger partial charge on any atom is -0.481 e. The number of aromatic nitrogens is 2. The molecule has 0 bridgehead atoms. The number of rotatable bonds is 5. The van der Waals surface area contributed by atoms with Gasteiger partial charge in [0.1, 0.15) is 0 Å². The summed E-state index contributed by atoms with van der Waals surface area (Å²) in [6.07, 6.45) is 0.535. The third-order valence-electron chi connectivity index (χ3n) is 2.11. The van der Waals surface area contributed by atoms with Crippen molar-refractivity contribution in [3.8, 4) is 11.8 Å². The third-order valence-corrected chi connectivity index (χ3v) is 2.11. The maximum absolute atomic E-state index is 11.5. The summed E-state index contributed by atoms with van der Waals surface area (Å²) < 4.78 is 9.90. The summed E-state index contributed by atoms with van der Waals surface area (Å²) >= 11 is 0. The molecule has 17 heavy (non-hydrogen) atoms. The molecule has 0 unspecified atom stereocenters. The molecular weight excluding hydrogens is 224 g/mol. The van der Waals surface area contributed by atoms with E-state index in [4.69, 9.17) is 15.2 Å². The summed E-state index contributed by atoms with van der Waals surface area (Å²) in [5, 5.41) is 2.50. The number of nitrogens with one attached hydrogen (secondary N) is 1. The lowest BCUT2D eigenvalue weighted by Gasteiger charge is -2.10. The van der Waals surface area contributed by atoms with Crippen LogP contribution in [0.5, 0.6) is 11.8 Å². The molecule has 1 amide bonds. The lowest BCUT2D eigenvalue weighted by molar-refractivity contribution is -0.117. The van der Waals surface area contributed by atoms with Gasteiger partial charge in [0, 0.05) is 0 Å². The topological polar surface area (TPSA) is 99.4 Å². The van der Waals surface area contributed by atoms with E-state index in [1.165, 1.54) is 20.3 Å². The van der Waals surface area contributed by atoms with Crippen LogP contribution in [0.15, 0.2) is 6.07 Å². The first-order valence-electron chi connectivity index (χ1n) is 5.14. The summed E-state index contributed by atoms with van der Waals surface area (Å²) in [5.41, 5.74) is 5.58. The summed E-state index contributed by atoms with van der Waals surface area (Å²) in [5.74, 6) is 0.368. The highest BCUT2D eigenvalue weighted by atomic mass is 16.5. The fourth-order valence-electron chi connectivity index (χ4n) is 1.06. The monoisotopic (exact) mass is 240 g/mol. The Labute approximate surface area is 99.3 Å². The molecule has 1 rings (SSSR count). The highest BCUT2D eigenvalue weighted by Gasteiger charge is 2.14. The first kappa shape index (κ1) is 13.2. The number of ether oxygens (including phenoxy) is 2. The third kappa shape index (κ3) is 3.56. The van der Waals surface area contributed by atoms with Gasteiger partial charge < -0.3 is 15.2 Å². The predicted molar refractivity (Wildman–Crippen MR) is 62.0 cm³/mol. The number of amides is 1. The second kappa shape index (κ2) is 6.00. The Hall–Kier alpha value is -1.89. The fourth-order valence-corrected chi connectivity index (χ4v) is 1.06. The number of anilines is 1. The molecule has 0 radical (unpaired) electrons. The molecule has 0 aliphatic heterocycles. The molecule has 0 aliphatic carbocycles. The van der Waals surface area contributed by atoms with Crippen molar-refractivity contribution in [3.63, 3.8) is 0 Å². The van der Waals surface area contributed by atoms with Crippen molar-refractivity contribution in [3.05, 3.63) is 6.07 Å². The zero-order chi connectivity index (χ0) is 12.8. The van der Waals surface area contributed by atoms with Gasteiger partial charge in [0.05, 0.1) is 26.3 Å². The number of carbonyl (C=O) groups excluding carboxylic acids is 1. The van der Waals surface area contributed by atoms with Gasteiger partial charge in [0.2, 0.25) is 23.6 Å². The number of nitrogens with two attached hydrogens (primary N) is 1. The highest BCUT2D eigenvalue weighted by molar-refractivity contribution is 5.93. The second-order valence-electron chi connectivity index (χ2n) is 3.28. The summed E-state index contributed by atoms with van der Waals surface area (Å²) in [4.78, 5) is 19.5. The molecule has 94 valence electrons. The van der Waals surface area contributed by atoms with Gasteiger partial charge in [0.15, 0.2) is 0 Å². The van der Waals surface area contributed by atoms with E-state index in [0.717, 1.165) is 0 Å². The van der Waals surface area contributed by atoms with Crippen molar-refractivity contribution in [2.75, 3.05) is 19.5 Å². The van der Waals surface area contributed by atoms with Crippen LogP contribution in [-0.4, -0.2) is 36.1 Å². The van der Waals surface area contributed by atoms with Crippen LogP contribution < -0.4 is 20.5 Å². The molecule has 1 atom stereocenters. The van der Waals surface area contributed by atoms with E-state index >= 15 is 0 Å². The molecule has 0 spiro atoms. The largest absolute Gasteiger partial charge is 0.481 e. The van der Waals surface area contributed by atoms with Crippen LogP contribution in [0, 0.1) is 0 Å². The summed E-state index contributed by atoms with van der Waals surface area (Å²) in [6.45, 7) is 1.82. The van der Waals surface area contributed by atoms with Crippen LogP contribution in [-0.2, 0) is 4.79 Å². The van der Waals surface area contributed by atoms with E-state index < -0.39 is 6.04 Å². The van der Waals surface area contributed by atoms with Crippen molar-refractivity contribution in [2.24, 2.45) is 5.73 Å². The zero-order valence-electron chi connectivity index (χ0n) is 10.1. The second-order valence-corrected chi connectivity index (χ2v) is 3.28. The van der Waals surface area contributed by atoms with E-state index in [9.17, 15) is 4.79 Å². The van der Waals surface area contributed by atoms with Crippen LogP contribution in [0.25, 0.3) is 0 Å². The Kier molecular flexibility index (Phi) is 4.65. The fraction of sp³-hybridized carbons (Fsp3) is 0.500. The molecule has 0 fully saturated rings. The van der Waals surface area contributed by atoms with E-state index in [1.54, 1.807) is 0 Å². The number of hydrogen-bond acceptors (Lipinski definition) is 6. The zero-order valence-corrected chi connectivity index (χ0v) is 10.1. The van der Waals surface area contributed by atoms with Crippen LogP contribution in [0.2, 0.25) is 0 Å². The molecular formula is C10H16N4O3. The Balaban J connectivity index is 2.86. The normalized spacial score (nSPS) is 11.8. The smallest absolute Gasteiger partial charge is 0.243 e. The van der Waals surface area contributed by atoms with Crippen molar-refractivity contribution >= 4 is 11.9 Å². The average Bonchev–Trinajstić information content (AvgIpc) is 2.36. The first-order valence-corrected chi connectivity index (χ1v) is 5.14. The van der Waals surface area contributed by atoms with Gasteiger partial charge in [-0.3, -0.25) is 10.1 Å². The van der Waals surface area contributed by atoms with E-state index in [0.29, 0.717) is 18.2 Å². The van der Waals surface area contributed by atoms with Crippen molar-refractivity contribution in [1.82, 2.24) is 9.97 Å². The van der Waals surface area contributed by atoms with Gasteiger partial charge in [-0.25, -0.2) is 0 Å². The van der Waals surface area contributed by atoms with Gasteiger partial charge in [-0.15, -0.1) is 0 Å². The lowest BCUT2D eigenvalue weighted by Crippen LogP contribution is -2.35. The minimum absolute atomic E-state index is 0.107. The maximum atomic E-state index is 11.5. The van der Waals surface area contributed by atoms with Gasteiger partial charge in [-0.2, -0.15) is 9.97 Å². The Bertz CT molecular complexity index is 375. The van der Waals surface area contributed by atoms with Crippen molar-refractivity contribution in [2.45, 2.75) is 19.4 Å². The van der Waals surface area contributed by atoms with Crippen molar-refractivity contribution in [1.29, 1.82) is 0 Å². The number of methoxy groups -OCH3 is 2. The summed E-state index contributed by atoms with van der Waals surface area (Å²) in [7, 11) is 2.93. The summed E-state index contributed by atoms with van der Waals surface area (Å²) in [6, 6.07) is 0.922. The van der Waals surface area contributed by atoms with E-state index in [-0.39, 0.29) is 11.9 Å². The lowest BCUT2D eigenvalue weighted by atomic mass is 10.2. The number of hydrogen-bond donors (Lipinski definition) is 2. The molecule has 1 aromatic heterocycles. The van der Waals surface area contributed by atoms with E-state index in [1.807, 2.05) is 6.92 Å². The van der Waals surface area contributed by atoms with E-state index in [2.05, 4.69) is 15.3 Å². The molecule has 1 aromatic rings. The van der Waals surface area contributed by atoms with Crippen LogP contribution >= 0.6 is 0 Å². The average molecular weight is 240 g/mol. The van der Waals surface area contributed by atoms with Crippen molar-refractivity contribution < 1.29 is 14.3 Å². The molecule has 0 saturated carbocycles. The van der Waals surface area contributed by atoms with Crippen LogP contribution in [0.1, 0.15) is 13.3 Å². The number of nitrogens with zero attached hydrogens (tertiary/aromatic N) is 2. The minimum atomic E-state index is -0.587. The molecule has 0 aliphatic rings. The first-order chi connectivity index (χ1) is 8.10. The Morgan fingerprint density at radius 3 is 2.35 bits per heavy atom. The van der Waals surface area contributed by atoms with Gasteiger partial charge >= 0.3 is 0 Å². The van der Waals surface area contributed by atoms with Gasteiger partial charge in [0.25, 0.3) is 0 Å². The molecule has 0 saturated heterocycles. The SMILES string of the molecule is CC[C@@H](N)C(=O)Nc1nc(OC)cc(OC)n1. The van der Waals surface area contributed by atoms with Gasteiger partial charge in [-0.05, 0) is 6.42 Å². The highest BCUT2D eigenvalue weighted by Crippen LogP contribution is 2.17. The number of carbonyl (C=O) groups is 1.